The van der Waals surface area contributed by atoms with Crippen molar-refractivity contribution in [1.82, 2.24) is 20.2 Å². The van der Waals surface area contributed by atoms with Gasteiger partial charge in [-0.15, -0.1) is 0 Å². The molecule has 0 radical (unpaired) electrons. The van der Waals surface area contributed by atoms with Crippen LogP contribution in [0.5, 0.6) is 0 Å². The Labute approximate surface area is 185 Å². The molecule has 1 aromatic carbocycles. The van der Waals surface area contributed by atoms with Crippen molar-refractivity contribution in [2.45, 2.75) is 44.6 Å². The first-order chi connectivity index (χ1) is 15.0. The maximum atomic E-state index is 12.1. The predicted octanol–water partition coefficient (Wildman–Crippen LogP) is 3.22. The van der Waals surface area contributed by atoms with Crippen LogP contribution in [0.15, 0.2) is 30.3 Å². The molecule has 0 spiro atoms. The van der Waals surface area contributed by atoms with E-state index in [1.165, 1.54) is 17.8 Å². The molecule has 1 saturated carbocycles. The van der Waals surface area contributed by atoms with E-state index in [9.17, 15) is 4.79 Å². The number of benzene rings is 1. The number of nitrogens with one attached hydrogen (secondary N) is 1. The Morgan fingerprint density at radius 3 is 2.58 bits per heavy atom. The number of hydrogen-bond acceptors (Lipinski definition) is 5. The third kappa shape index (κ3) is 4.31. The van der Waals surface area contributed by atoms with Crippen LogP contribution >= 0.6 is 0 Å². The second kappa shape index (κ2) is 8.23. The molecule has 31 heavy (non-hydrogen) atoms. The SMILES string of the molecule is Cc1nc(-c2ccc(N(C)C)cc2)cc([C@H]2CN3CC[C@H]2C[C@@H]3CNC(=O)C2CC2)n1. The van der Waals surface area contributed by atoms with Crippen LogP contribution in [-0.2, 0) is 4.79 Å². The molecule has 4 atom stereocenters. The van der Waals surface area contributed by atoms with Gasteiger partial charge in [-0.3, -0.25) is 9.69 Å². The highest BCUT2D eigenvalue weighted by atomic mass is 16.2. The van der Waals surface area contributed by atoms with Gasteiger partial charge in [0.15, 0.2) is 0 Å². The summed E-state index contributed by atoms with van der Waals surface area (Å²) in [5.41, 5.74) is 4.51. The van der Waals surface area contributed by atoms with Gasteiger partial charge in [0.25, 0.3) is 0 Å². The van der Waals surface area contributed by atoms with E-state index >= 15 is 0 Å². The number of anilines is 1. The van der Waals surface area contributed by atoms with Gasteiger partial charge < -0.3 is 10.2 Å². The second-order valence-electron chi connectivity index (χ2n) is 9.73. The van der Waals surface area contributed by atoms with Crippen molar-refractivity contribution >= 4 is 11.6 Å². The second-order valence-corrected chi connectivity index (χ2v) is 9.73. The molecule has 1 N–H and O–H groups in total. The van der Waals surface area contributed by atoms with Gasteiger partial charge in [-0.25, -0.2) is 9.97 Å². The molecule has 1 aliphatic carbocycles. The summed E-state index contributed by atoms with van der Waals surface area (Å²) in [4.78, 5) is 26.3. The number of nitrogens with zero attached hydrogens (tertiary/aromatic N) is 4. The van der Waals surface area contributed by atoms with Gasteiger partial charge in [-0.05, 0) is 63.3 Å². The summed E-state index contributed by atoms with van der Waals surface area (Å²) >= 11 is 0. The molecule has 164 valence electrons. The van der Waals surface area contributed by atoms with Crippen LogP contribution in [0, 0.1) is 18.8 Å². The van der Waals surface area contributed by atoms with E-state index in [-0.39, 0.29) is 11.8 Å². The van der Waals surface area contributed by atoms with E-state index in [0.29, 0.717) is 17.9 Å². The Kier molecular flexibility index (Phi) is 5.42. The molecular weight excluding hydrogens is 386 g/mol. The molecule has 4 fully saturated rings. The van der Waals surface area contributed by atoms with E-state index in [0.717, 1.165) is 56.0 Å². The molecule has 1 amide bonds. The van der Waals surface area contributed by atoms with Crippen molar-refractivity contribution in [2.75, 3.05) is 38.6 Å². The Morgan fingerprint density at radius 2 is 1.94 bits per heavy atom. The van der Waals surface area contributed by atoms with Crippen LogP contribution in [0.2, 0.25) is 0 Å². The van der Waals surface area contributed by atoms with E-state index in [1.807, 2.05) is 6.92 Å². The van der Waals surface area contributed by atoms with E-state index in [4.69, 9.17) is 9.97 Å². The van der Waals surface area contributed by atoms with Crippen molar-refractivity contribution in [3.05, 3.63) is 41.9 Å². The lowest BCUT2D eigenvalue weighted by molar-refractivity contribution is -0.122. The lowest BCUT2D eigenvalue weighted by atomic mass is 9.74. The van der Waals surface area contributed by atoms with Crippen LogP contribution in [0.1, 0.15) is 43.1 Å². The average Bonchev–Trinajstić information content (AvgIpc) is 3.63. The van der Waals surface area contributed by atoms with Gasteiger partial charge in [0.1, 0.15) is 5.82 Å². The fraction of sp³-hybridized carbons (Fsp3) is 0.560. The molecule has 1 unspecified atom stereocenters. The number of aromatic nitrogens is 2. The topological polar surface area (TPSA) is 61.4 Å². The molecule has 6 rings (SSSR count). The first kappa shape index (κ1) is 20.4. The highest BCUT2D eigenvalue weighted by molar-refractivity contribution is 5.80. The van der Waals surface area contributed by atoms with Crippen LogP contribution in [0.3, 0.4) is 0 Å². The fourth-order valence-corrected chi connectivity index (χ4v) is 5.25. The summed E-state index contributed by atoms with van der Waals surface area (Å²) in [7, 11) is 4.11. The molecular formula is C25H33N5O. The molecule has 1 aromatic heterocycles. The van der Waals surface area contributed by atoms with Crippen LogP contribution in [0.25, 0.3) is 11.3 Å². The normalized spacial score (nSPS) is 27.2. The monoisotopic (exact) mass is 419 g/mol. The van der Waals surface area contributed by atoms with Gasteiger partial charge in [0.05, 0.1) is 5.69 Å². The van der Waals surface area contributed by atoms with Crippen molar-refractivity contribution in [3.8, 4) is 11.3 Å². The van der Waals surface area contributed by atoms with Gasteiger partial charge in [0.2, 0.25) is 5.91 Å². The zero-order valence-electron chi connectivity index (χ0n) is 18.8. The van der Waals surface area contributed by atoms with Gasteiger partial charge >= 0.3 is 0 Å². The number of fused-ring (bicyclic) bond motifs is 3. The Balaban J connectivity index is 1.31. The number of rotatable bonds is 6. The quantitative estimate of drug-likeness (QED) is 0.779. The molecule has 2 bridgehead atoms. The predicted molar refractivity (Wildman–Crippen MR) is 123 cm³/mol. The molecule has 6 nitrogen and oxygen atoms in total. The number of aryl methyl sites for hydroxylation is 1. The maximum Gasteiger partial charge on any atom is 0.223 e. The molecule has 4 heterocycles. The van der Waals surface area contributed by atoms with Crippen molar-refractivity contribution < 1.29 is 4.79 Å². The van der Waals surface area contributed by atoms with Crippen molar-refractivity contribution in [2.24, 2.45) is 11.8 Å². The number of amides is 1. The summed E-state index contributed by atoms with van der Waals surface area (Å²) in [5, 5.41) is 3.20. The molecule has 3 aliphatic heterocycles. The number of carbonyl (C=O) groups is 1. The Bertz CT molecular complexity index is 953. The average molecular weight is 420 g/mol. The van der Waals surface area contributed by atoms with Gasteiger partial charge in [-0.1, -0.05) is 12.1 Å². The first-order valence-electron chi connectivity index (χ1n) is 11.6. The molecule has 6 heteroatoms. The van der Waals surface area contributed by atoms with Crippen molar-refractivity contribution in [3.63, 3.8) is 0 Å². The molecule has 4 aliphatic rings. The van der Waals surface area contributed by atoms with Gasteiger partial charge in [0, 0.05) is 62.0 Å². The highest BCUT2D eigenvalue weighted by Crippen LogP contribution is 2.42. The summed E-state index contributed by atoms with van der Waals surface area (Å²) < 4.78 is 0. The summed E-state index contributed by atoms with van der Waals surface area (Å²) in [5.74, 6) is 2.47. The lowest BCUT2D eigenvalue weighted by Crippen LogP contribution is -2.56. The summed E-state index contributed by atoms with van der Waals surface area (Å²) in [6.07, 6.45) is 4.50. The third-order valence-corrected chi connectivity index (χ3v) is 7.26. The van der Waals surface area contributed by atoms with Crippen molar-refractivity contribution in [1.29, 1.82) is 0 Å². The maximum absolute atomic E-state index is 12.1. The molecule has 3 saturated heterocycles. The minimum Gasteiger partial charge on any atom is -0.378 e. The summed E-state index contributed by atoms with van der Waals surface area (Å²) in [6, 6.07) is 11.3. The van der Waals surface area contributed by atoms with Crippen LogP contribution in [0.4, 0.5) is 5.69 Å². The van der Waals surface area contributed by atoms with E-state index < -0.39 is 0 Å². The molecule has 2 aromatic rings. The number of hydrogen-bond donors (Lipinski definition) is 1. The largest absolute Gasteiger partial charge is 0.378 e. The Hall–Kier alpha value is -2.47. The smallest absolute Gasteiger partial charge is 0.223 e. The fourth-order valence-electron chi connectivity index (χ4n) is 5.25. The standard InChI is InChI=1S/C25H33N5O/c1-16-27-23(17-6-8-20(9-7-17)29(2)3)13-24(28-16)22-15-30-11-10-19(22)12-21(30)14-26-25(31)18-4-5-18/h6-9,13,18-19,21-22H,4-5,10-12,14-15H2,1-3H3,(H,26,31)/t19-,21+,22-/m0/s1. The Morgan fingerprint density at radius 1 is 1.16 bits per heavy atom. The number of piperidine rings is 3. The third-order valence-electron chi connectivity index (χ3n) is 7.26. The van der Waals surface area contributed by atoms with E-state index in [1.54, 1.807) is 0 Å². The highest BCUT2D eigenvalue weighted by Gasteiger charge is 2.42. The zero-order valence-corrected chi connectivity index (χ0v) is 18.8. The zero-order chi connectivity index (χ0) is 21.5. The van der Waals surface area contributed by atoms with Crippen LogP contribution in [-0.4, -0.2) is 60.5 Å². The minimum atomic E-state index is 0.260. The first-order valence-corrected chi connectivity index (χ1v) is 11.6. The minimum absolute atomic E-state index is 0.260. The summed E-state index contributed by atoms with van der Waals surface area (Å²) in [6.45, 7) is 4.96. The van der Waals surface area contributed by atoms with Crippen LogP contribution < -0.4 is 10.2 Å². The van der Waals surface area contributed by atoms with E-state index in [2.05, 4.69) is 59.5 Å². The van der Waals surface area contributed by atoms with Gasteiger partial charge in [-0.2, -0.15) is 0 Å². The lowest BCUT2D eigenvalue weighted by Gasteiger charge is -2.49. The number of carbonyl (C=O) groups excluding carboxylic acids is 1.